The summed E-state index contributed by atoms with van der Waals surface area (Å²) < 4.78 is 4.88. The molecule has 0 aliphatic heterocycles. The highest BCUT2D eigenvalue weighted by Gasteiger charge is 2.12. The number of rotatable bonds is 7. The molecule has 0 heterocycles. The molecule has 1 rings (SSSR count). The summed E-state index contributed by atoms with van der Waals surface area (Å²) in [5.74, 6) is 0.371. The molecule has 18 heavy (non-hydrogen) atoms. The summed E-state index contributed by atoms with van der Waals surface area (Å²) in [6, 6.07) is 10.3. The zero-order valence-corrected chi connectivity index (χ0v) is 11.3. The minimum atomic E-state index is -0.324. The van der Waals surface area contributed by atoms with Gasteiger partial charge in [-0.3, -0.25) is 0 Å². The van der Waals surface area contributed by atoms with E-state index in [0.29, 0.717) is 19.1 Å². The Morgan fingerprint density at radius 1 is 1.28 bits per heavy atom. The molecule has 1 amide bonds. The number of carbonyl (C=O) groups excluding carboxylic acids is 1. The van der Waals surface area contributed by atoms with E-state index in [0.717, 1.165) is 6.42 Å². The maximum atomic E-state index is 11.3. The first-order chi connectivity index (χ1) is 8.77. The van der Waals surface area contributed by atoms with Crippen molar-refractivity contribution in [3.05, 3.63) is 35.9 Å². The first-order valence-corrected chi connectivity index (χ1v) is 6.73. The molecule has 1 aromatic rings. The van der Waals surface area contributed by atoms with Gasteiger partial charge < -0.3 is 10.1 Å². The van der Waals surface area contributed by atoms with Gasteiger partial charge in [0.25, 0.3) is 0 Å². The summed E-state index contributed by atoms with van der Waals surface area (Å²) in [6.07, 6.45) is 3.11. The number of benzene rings is 1. The van der Waals surface area contributed by atoms with Crippen LogP contribution >= 0.6 is 0 Å². The van der Waals surface area contributed by atoms with Crippen molar-refractivity contribution in [1.82, 2.24) is 5.32 Å². The number of alkyl carbamates (subject to hydrolysis) is 1. The maximum Gasteiger partial charge on any atom is 0.407 e. The standard InChI is InChI=1S/C15H23NO2/c1-3-5-9-14(12-16-15(17)18-4-2)13-10-7-6-8-11-13/h6-8,10-11,14H,3-5,9,12H2,1-2H3,(H,16,17). The smallest absolute Gasteiger partial charge is 0.407 e. The lowest BCUT2D eigenvalue weighted by Crippen LogP contribution is -2.29. The van der Waals surface area contributed by atoms with Crippen molar-refractivity contribution in [2.24, 2.45) is 0 Å². The number of amides is 1. The Hall–Kier alpha value is -1.51. The second kappa shape index (κ2) is 8.56. The molecule has 0 fully saturated rings. The van der Waals surface area contributed by atoms with Gasteiger partial charge in [-0.15, -0.1) is 0 Å². The van der Waals surface area contributed by atoms with Crippen molar-refractivity contribution >= 4 is 6.09 Å². The summed E-state index contributed by atoms with van der Waals surface area (Å²) in [6.45, 7) is 5.05. The fourth-order valence-electron chi connectivity index (χ4n) is 1.95. The average Bonchev–Trinajstić information content (AvgIpc) is 2.40. The van der Waals surface area contributed by atoms with Gasteiger partial charge in [-0.25, -0.2) is 4.79 Å². The highest BCUT2D eigenvalue weighted by atomic mass is 16.5. The van der Waals surface area contributed by atoms with E-state index in [1.54, 1.807) is 0 Å². The third-order valence-electron chi connectivity index (χ3n) is 2.95. The normalized spacial score (nSPS) is 11.9. The zero-order chi connectivity index (χ0) is 13.2. The van der Waals surface area contributed by atoms with E-state index in [4.69, 9.17) is 4.74 Å². The topological polar surface area (TPSA) is 38.3 Å². The highest BCUT2D eigenvalue weighted by Crippen LogP contribution is 2.21. The van der Waals surface area contributed by atoms with Crippen LogP contribution in [0.2, 0.25) is 0 Å². The van der Waals surface area contributed by atoms with Gasteiger partial charge in [0, 0.05) is 12.5 Å². The summed E-state index contributed by atoms with van der Waals surface area (Å²) in [4.78, 5) is 11.3. The van der Waals surface area contributed by atoms with Crippen LogP contribution < -0.4 is 5.32 Å². The van der Waals surface area contributed by atoms with E-state index < -0.39 is 0 Å². The largest absolute Gasteiger partial charge is 0.450 e. The number of unbranched alkanes of at least 4 members (excludes halogenated alkanes) is 1. The quantitative estimate of drug-likeness (QED) is 0.800. The van der Waals surface area contributed by atoms with Crippen LogP contribution in [0.5, 0.6) is 0 Å². The highest BCUT2D eigenvalue weighted by molar-refractivity contribution is 5.67. The van der Waals surface area contributed by atoms with E-state index >= 15 is 0 Å². The van der Waals surface area contributed by atoms with Gasteiger partial charge in [0.05, 0.1) is 6.61 Å². The first-order valence-electron chi connectivity index (χ1n) is 6.73. The van der Waals surface area contributed by atoms with Crippen molar-refractivity contribution in [1.29, 1.82) is 0 Å². The molecule has 1 atom stereocenters. The van der Waals surface area contributed by atoms with Crippen molar-refractivity contribution < 1.29 is 9.53 Å². The van der Waals surface area contributed by atoms with Crippen LogP contribution in [0.3, 0.4) is 0 Å². The third-order valence-corrected chi connectivity index (χ3v) is 2.95. The van der Waals surface area contributed by atoms with Crippen LogP contribution in [-0.4, -0.2) is 19.2 Å². The number of hydrogen-bond donors (Lipinski definition) is 1. The van der Waals surface area contributed by atoms with Crippen molar-refractivity contribution in [3.63, 3.8) is 0 Å². The van der Waals surface area contributed by atoms with Crippen molar-refractivity contribution in [2.75, 3.05) is 13.2 Å². The molecule has 0 saturated heterocycles. The monoisotopic (exact) mass is 249 g/mol. The van der Waals surface area contributed by atoms with E-state index in [1.165, 1.54) is 18.4 Å². The van der Waals surface area contributed by atoms with Crippen LogP contribution in [0, 0.1) is 0 Å². The predicted molar refractivity (Wildman–Crippen MR) is 73.7 cm³/mol. The zero-order valence-electron chi connectivity index (χ0n) is 11.3. The average molecular weight is 249 g/mol. The number of carbonyl (C=O) groups is 1. The van der Waals surface area contributed by atoms with E-state index in [9.17, 15) is 4.79 Å². The second-order valence-electron chi connectivity index (χ2n) is 4.35. The third kappa shape index (κ3) is 5.21. The van der Waals surface area contributed by atoms with Crippen LogP contribution in [0.4, 0.5) is 4.79 Å². The van der Waals surface area contributed by atoms with E-state index in [-0.39, 0.29) is 6.09 Å². The molecule has 0 aromatic heterocycles. The fraction of sp³-hybridized carbons (Fsp3) is 0.533. The molecule has 100 valence electrons. The lowest BCUT2D eigenvalue weighted by molar-refractivity contribution is 0.151. The van der Waals surface area contributed by atoms with E-state index in [2.05, 4.69) is 24.4 Å². The minimum Gasteiger partial charge on any atom is -0.450 e. The lowest BCUT2D eigenvalue weighted by atomic mass is 9.93. The van der Waals surface area contributed by atoms with Crippen LogP contribution in [0.1, 0.15) is 44.6 Å². The molecule has 0 radical (unpaired) electrons. The van der Waals surface area contributed by atoms with Crippen molar-refractivity contribution in [2.45, 2.75) is 39.0 Å². The molecule has 3 nitrogen and oxygen atoms in total. The van der Waals surface area contributed by atoms with Gasteiger partial charge >= 0.3 is 6.09 Å². The Bertz CT molecular complexity index is 338. The molecule has 3 heteroatoms. The van der Waals surface area contributed by atoms with Gasteiger partial charge in [0.2, 0.25) is 0 Å². The Morgan fingerprint density at radius 3 is 2.61 bits per heavy atom. The number of nitrogens with one attached hydrogen (secondary N) is 1. The molecular formula is C15H23NO2. The minimum absolute atomic E-state index is 0.324. The molecule has 0 aliphatic rings. The summed E-state index contributed by atoms with van der Waals surface area (Å²) in [5.41, 5.74) is 1.28. The summed E-state index contributed by atoms with van der Waals surface area (Å²) >= 11 is 0. The molecule has 0 spiro atoms. The van der Waals surface area contributed by atoms with Gasteiger partial charge in [0.15, 0.2) is 0 Å². The molecule has 0 aliphatic carbocycles. The first kappa shape index (κ1) is 14.6. The molecule has 1 aromatic carbocycles. The lowest BCUT2D eigenvalue weighted by Gasteiger charge is -2.17. The maximum absolute atomic E-state index is 11.3. The Morgan fingerprint density at radius 2 is 2.00 bits per heavy atom. The summed E-state index contributed by atoms with van der Waals surface area (Å²) in [7, 11) is 0. The van der Waals surface area contributed by atoms with Gasteiger partial charge in [-0.05, 0) is 18.9 Å². The molecule has 0 saturated carbocycles. The second-order valence-corrected chi connectivity index (χ2v) is 4.35. The van der Waals surface area contributed by atoms with Crippen LogP contribution in [-0.2, 0) is 4.74 Å². The molecule has 0 bridgehead atoms. The van der Waals surface area contributed by atoms with Crippen molar-refractivity contribution in [3.8, 4) is 0 Å². The molecule has 1 N–H and O–H groups in total. The van der Waals surface area contributed by atoms with Gasteiger partial charge in [0.1, 0.15) is 0 Å². The number of ether oxygens (including phenoxy) is 1. The van der Waals surface area contributed by atoms with E-state index in [1.807, 2.05) is 25.1 Å². The van der Waals surface area contributed by atoms with Crippen LogP contribution in [0.25, 0.3) is 0 Å². The van der Waals surface area contributed by atoms with Crippen LogP contribution in [0.15, 0.2) is 30.3 Å². The molecule has 1 unspecified atom stereocenters. The SMILES string of the molecule is CCCCC(CNC(=O)OCC)c1ccccc1. The summed E-state index contributed by atoms with van der Waals surface area (Å²) in [5, 5.41) is 2.83. The Balaban J connectivity index is 2.53. The Kier molecular flexibility index (Phi) is 6.92. The fourth-order valence-corrected chi connectivity index (χ4v) is 1.95. The predicted octanol–water partition coefficient (Wildman–Crippen LogP) is 3.71. The van der Waals surface area contributed by atoms with Gasteiger partial charge in [-0.2, -0.15) is 0 Å². The number of hydrogen-bond acceptors (Lipinski definition) is 2. The molecular weight excluding hydrogens is 226 g/mol. The van der Waals surface area contributed by atoms with Gasteiger partial charge in [-0.1, -0.05) is 50.1 Å². The Labute approximate surface area is 110 Å².